The summed E-state index contributed by atoms with van der Waals surface area (Å²) in [6.45, 7) is 1.64. The maximum atomic E-state index is 12.3. The molecular weight excluding hydrogens is 390 g/mol. The van der Waals surface area contributed by atoms with E-state index in [2.05, 4.69) is 15.8 Å². The third kappa shape index (κ3) is 5.87. The highest BCUT2D eigenvalue weighted by atomic mass is 16.5. The summed E-state index contributed by atoms with van der Waals surface area (Å²) in [7, 11) is 6.04. The van der Waals surface area contributed by atoms with Gasteiger partial charge in [0.2, 0.25) is 5.91 Å². The molecule has 0 aromatic heterocycles. The minimum atomic E-state index is -0.437. The van der Waals surface area contributed by atoms with Gasteiger partial charge in [0, 0.05) is 17.3 Å². The van der Waals surface area contributed by atoms with E-state index in [4.69, 9.17) is 18.9 Å². The van der Waals surface area contributed by atoms with Gasteiger partial charge < -0.3 is 24.3 Å². The van der Waals surface area contributed by atoms with Crippen molar-refractivity contribution in [3.63, 3.8) is 0 Å². The van der Waals surface area contributed by atoms with Crippen molar-refractivity contribution in [2.75, 3.05) is 33.8 Å². The second-order valence-electron chi connectivity index (χ2n) is 6.15. The van der Waals surface area contributed by atoms with Crippen LogP contribution in [0, 0.1) is 0 Å². The summed E-state index contributed by atoms with van der Waals surface area (Å²) in [6.07, 6.45) is -0.0125. The second-order valence-corrected chi connectivity index (χ2v) is 6.15. The molecule has 2 rings (SSSR count). The van der Waals surface area contributed by atoms with Gasteiger partial charge in [-0.2, -0.15) is 5.10 Å². The number of hydrazone groups is 1. The minimum Gasteiger partial charge on any atom is -0.497 e. The number of nitrogens with one attached hydrogen (secondary N) is 2. The van der Waals surface area contributed by atoms with Gasteiger partial charge in [0.15, 0.2) is 11.5 Å². The summed E-state index contributed by atoms with van der Waals surface area (Å²) in [5.74, 6) is 1.28. The van der Waals surface area contributed by atoms with Crippen LogP contribution in [-0.2, 0) is 4.79 Å². The van der Waals surface area contributed by atoms with E-state index in [1.54, 1.807) is 50.4 Å². The fourth-order valence-electron chi connectivity index (χ4n) is 2.56. The molecule has 0 heterocycles. The fourth-order valence-corrected chi connectivity index (χ4v) is 2.56. The predicted octanol–water partition coefficient (Wildman–Crippen LogP) is 2.86. The lowest BCUT2D eigenvalue weighted by atomic mass is 10.2. The average Bonchev–Trinajstić information content (AvgIpc) is 2.76. The Hall–Kier alpha value is -3.75. The highest BCUT2D eigenvalue weighted by molar-refractivity contribution is 6.06. The summed E-state index contributed by atoms with van der Waals surface area (Å²) < 4.78 is 20.7. The first kappa shape index (κ1) is 22.5. The van der Waals surface area contributed by atoms with Gasteiger partial charge in [-0.25, -0.2) is 5.43 Å². The van der Waals surface area contributed by atoms with Crippen molar-refractivity contribution in [2.45, 2.75) is 13.3 Å². The van der Waals surface area contributed by atoms with E-state index in [1.165, 1.54) is 21.3 Å². The van der Waals surface area contributed by atoms with Crippen LogP contribution in [0.25, 0.3) is 0 Å². The topological polar surface area (TPSA) is 107 Å². The SMILES string of the molecule is COc1ccc(NC(=O)C/C(C)=N\NC(=O)c2ccc(OC)c(OC)c2)c(OC)c1. The van der Waals surface area contributed by atoms with E-state index >= 15 is 0 Å². The van der Waals surface area contributed by atoms with Crippen molar-refractivity contribution in [3.05, 3.63) is 42.0 Å². The van der Waals surface area contributed by atoms with E-state index in [9.17, 15) is 9.59 Å². The first-order chi connectivity index (χ1) is 14.4. The first-order valence-corrected chi connectivity index (χ1v) is 8.99. The Kier molecular flexibility index (Phi) is 8.04. The smallest absolute Gasteiger partial charge is 0.271 e. The fraction of sp³-hybridized carbons (Fsp3) is 0.286. The van der Waals surface area contributed by atoms with Gasteiger partial charge in [-0.05, 0) is 37.3 Å². The van der Waals surface area contributed by atoms with Gasteiger partial charge in [0.25, 0.3) is 5.91 Å². The van der Waals surface area contributed by atoms with Gasteiger partial charge in [-0.15, -0.1) is 0 Å². The number of nitrogens with zero attached hydrogens (tertiary/aromatic N) is 1. The summed E-state index contributed by atoms with van der Waals surface area (Å²) in [5, 5.41) is 6.73. The Morgan fingerprint density at radius 2 is 1.57 bits per heavy atom. The third-order valence-electron chi connectivity index (χ3n) is 4.09. The largest absolute Gasteiger partial charge is 0.497 e. The van der Waals surface area contributed by atoms with Gasteiger partial charge in [0.05, 0.1) is 40.5 Å². The normalized spacial score (nSPS) is 10.8. The number of carbonyl (C=O) groups is 2. The Morgan fingerprint density at radius 1 is 0.867 bits per heavy atom. The molecule has 30 heavy (non-hydrogen) atoms. The maximum Gasteiger partial charge on any atom is 0.271 e. The minimum absolute atomic E-state index is 0.0125. The Bertz CT molecular complexity index is 942. The maximum absolute atomic E-state index is 12.3. The molecule has 0 fully saturated rings. The molecule has 0 spiro atoms. The monoisotopic (exact) mass is 415 g/mol. The van der Waals surface area contributed by atoms with Crippen LogP contribution >= 0.6 is 0 Å². The van der Waals surface area contributed by atoms with Crippen LogP contribution < -0.4 is 29.7 Å². The van der Waals surface area contributed by atoms with Crippen molar-refractivity contribution < 1.29 is 28.5 Å². The first-order valence-electron chi connectivity index (χ1n) is 8.99. The Balaban J connectivity index is 1.98. The van der Waals surface area contributed by atoms with Crippen molar-refractivity contribution in [1.29, 1.82) is 0 Å². The molecule has 0 radical (unpaired) electrons. The lowest BCUT2D eigenvalue weighted by Crippen LogP contribution is -2.21. The molecule has 2 N–H and O–H groups in total. The van der Waals surface area contributed by atoms with Gasteiger partial charge in [-0.3, -0.25) is 9.59 Å². The molecule has 9 nitrogen and oxygen atoms in total. The van der Waals surface area contributed by atoms with Crippen molar-refractivity contribution >= 4 is 23.2 Å². The van der Waals surface area contributed by atoms with E-state index in [1.807, 2.05) is 0 Å². The van der Waals surface area contributed by atoms with Crippen LogP contribution in [0.4, 0.5) is 5.69 Å². The molecule has 2 aromatic rings. The zero-order chi connectivity index (χ0) is 22.1. The molecule has 2 amide bonds. The molecule has 2 aromatic carbocycles. The van der Waals surface area contributed by atoms with E-state index < -0.39 is 5.91 Å². The van der Waals surface area contributed by atoms with Crippen LogP contribution in [0.2, 0.25) is 0 Å². The number of amides is 2. The lowest BCUT2D eigenvalue weighted by molar-refractivity contribution is -0.115. The molecule has 0 aliphatic carbocycles. The van der Waals surface area contributed by atoms with Crippen LogP contribution in [0.15, 0.2) is 41.5 Å². The summed E-state index contributed by atoms with van der Waals surface area (Å²) in [5.41, 5.74) is 3.70. The molecule has 0 saturated heterocycles. The highest BCUT2D eigenvalue weighted by Crippen LogP contribution is 2.29. The third-order valence-corrected chi connectivity index (χ3v) is 4.09. The van der Waals surface area contributed by atoms with Gasteiger partial charge in [-0.1, -0.05) is 0 Å². The lowest BCUT2D eigenvalue weighted by Gasteiger charge is -2.11. The van der Waals surface area contributed by atoms with Crippen LogP contribution in [0.5, 0.6) is 23.0 Å². The molecule has 0 atom stereocenters. The number of rotatable bonds is 9. The molecule has 0 aliphatic rings. The predicted molar refractivity (Wildman–Crippen MR) is 113 cm³/mol. The van der Waals surface area contributed by atoms with Crippen LogP contribution in [-0.4, -0.2) is 46.0 Å². The van der Waals surface area contributed by atoms with E-state index in [0.29, 0.717) is 40.0 Å². The van der Waals surface area contributed by atoms with Gasteiger partial charge in [0.1, 0.15) is 11.5 Å². The molecule has 0 bridgehead atoms. The standard InChI is InChI=1S/C21H25N3O6/c1-13(10-20(25)22-16-8-7-15(27-2)12-18(16)29-4)23-24-21(26)14-6-9-17(28-3)19(11-14)30-5/h6-9,11-12H,10H2,1-5H3,(H,22,25)(H,24,26)/b23-13-. The Morgan fingerprint density at radius 3 is 2.20 bits per heavy atom. The molecule has 160 valence electrons. The zero-order valence-electron chi connectivity index (χ0n) is 17.6. The van der Waals surface area contributed by atoms with Crippen LogP contribution in [0.1, 0.15) is 23.7 Å². The molecule has 0 saturated carbocycles. The van der Waals surface area contributed by atoms with Gasteiger partial charge >= 0.3 is 0 Å². The van der Waals surface area contributed by atoms with Crippen molar-refractivity contribution in [1.82, 2.24) is 5.43 Å². The summed E-state index contributed by atoms with van der Waals surface area (Å²) >= 11 is 0. The van der Waals surface area contributed by atoms with Crippen LogP contribution in [0.3, 0.4) is 0 Å². The van der Waals surface area contributed by atoms with E-state index in [-0.39, 0.29) is 12.3 Å². The number of carbonyl (C=O) groups excluding carboxylic acids is 2. The number of benzene rings is 2. The molecule has 9 heteroatoms. The second kappa shape index (κ2) is 10.7. The van der Waals surface area contributed by atoms with Crippen molar-refractivity contribution in [3.8, 4) is 23.0 Å². The quantitative estimate of drug-likeness (QED) is 0.482. The van der Waals surface area contributed by atoms with E-state index in [0.717, 1.165) is 0 Å². The van der Waals surface area contributed by atoms with Crippen molar-refractivity contribution in [2.24, 2.45) is 5.10 Å². The number of hydrogen-bond acceptors (Lipinski definition) is 7. The highest BCUT2D eigenvalue weighted by Gasteiger charge is 2.12. The zero-order valence-corrected chi connectivity index (χ0v) is 17.6. The number of methoxy groups -OCH3 is 4. The number of anilines is 1. The molecular formula is C21H25N3O6. The number of hydrogen-bond donors (Lipinski definition) is 2. The summed E-state index contributed by atoms with van der Waals surface area (Å²) in [4.78, 5) is 24.6. The molecule has 0 aliphatic heterocycles. The Labute approximate surface area is 175 Å². The molecule has 0 unspecified atom stereocenters. The number of ether oxygens (including phenoxy) is 4. The average molecular weight is 415 g/mol. The summed E-state index contributed by atoms with van der Waals surface area (Å²) in [6, 6.07) is 9.81.